The monoisotopic (exact) mass is 244 g/mol. The van der Waals surface area contributed by atoms with Crippen molar-refractivity contribution in [3.8, 4) is 0 Å². The molecule has 1 saturated carbocycles. The van der Waals surface area contributed by atoms with E-state index in [0.717, 1.165) is 22.1 Å². The van der Waals surface area contributed by atoms with E-state index >= 15 is 0 Å². The molecule has 0 bridgehead atoms. The number of hydrogen-bond acceptors (Lipinski definition) is 2. The molecule has 1 atom stereocenters. The van der Waals surface area contributed by atoms with Gasteiger partial charge in [0.05, 0.1) is 10.8 Å². The van der Waals surface area contributed by atoms with E-state index in [2.05, 4.69) is 0 Å². The van der Waals surface area contributed by atoms with Crippen molar-refractivity contribution in [3.05, 3.63) is 21.3 Å². The van der Waals surface area contributed by atoms with E-state index in [4.69, 9.17) is 16.7 Å². The fraction of sp³-hybridized carbons (Fsp3) is 0.545. The number of rotatable bonds is 4. The van der Waals surface area contributed by atoms with Crippen LogP contribution < -0.4 is 0 Å². The minimum Gasteiger partial charge on any atom is -0.481 e. The lowest BCUT2D eigenvalue weighted by Crippen LogP contribution is -2.22. The molecule has 1 aliphatic carbocycles. The van der Waals surface area contributed by atoms with Gasteiger partial charge >= 0.3 is 5.97 Å². The van der Waals surface area contributed by atoms with Gasteiger partial charge < -0.3 is 5.11 Å². The van der Waals surface area contributed by atoms with Crippen molar-refractivity contribution in [1.29, 1.82) is 0 Å². The van der Waals surface area contributed by atoms with E-state index in [-0.39, 0.29) is 12.3 Å². The van der Waals surface area contributed by atoms with Gasteiger partial charge in [0.2, 0.25) is 0 Å². The van der Waals surface area contributed by atoms with Crippen LogP contribution in [0.25, 0.3) is 0 Å². The lowest BCUT2D eigenvalue weighted by Gasteiger charge is -2.32. The van der Waals surface area contributed by atoms with Crippen LogP contribution >= 0.6 is 22.9 Å². The van der Waals surface area contributed by atoms with Crippen LogP contribution in [-0.4, -0.2) is 11.1 Å². The maximum absolute atomic E-state index is 10.8. The quantitative estimate of drug-likeness (QED) is 0.876. The Morgan fingerprint density at radius 3 is 2.73 bits per heavy atom. The maximum atomic E-state index is 10.8. The minimum atomic E-state index is -0.712. The Kier molecular flexibility index (Phi) is 3.32. The number of aliphatic carboxylic acids is 1. The first-order valence-electron chi connectivity index (χ1n) is 5.14. The lowest BCUT2D eigenvalue weighted by molar-refractivity contribution is -0.137. The number of carbonyl (C=O) groups is 1. The van der Waals surface area contributed by atoms with Crippen LogP contribution in [0.4, 0.5) is 0 Å². The molecule has 0 amide bonds. The number of hydrogen-bond donors (Lipinski definition) is 1. The summed E-state index contributed by atoms with van der Waals surface area (Å²) in [6.45, 7) is 0. The Morgan fingerprint density at radius 1 is 1.60 bits per heavy atom. The second kappa shape index (κ2) is 4.54. The van der Waals surface area contributed by atoms with Gasteiger partial charge in [-0.1, -0.05) is 18.0 Å². The molecule has 1 aromatic rings. The molecule has 82 valence electrons. The molecule has 1 aliphatic rings. The predicted octanol–water partition coefficient (Wildman–Crippen LogP) is 3.76. The Bertz CT molecular complexity index is 357. The van der Waals surface area contributed by atoms with Crippen molar-refractivity contribution in [2.24, 2.45) is 5.92 Å². The largest absolute Gasteiger partial charge is 0.481 e. The third-order valence-corrected chi connectivity index (χ3v) is 4.44. The number of halogens is 1. The molecule has 1 aromatic heterocycles. The van der Waals surface area contributed by atoms with E-state index in [1.165, 1.54) is 17.8 Å². The van der Waals surface area contributed by atoms with Crippen LogP contribution in [0, 0.1) is 5.92 Å². The highest BCUT2D eigenvalue weighted by Gasteiger charge is 2.31. The molecule has 2 rings (SSSR count). The van der Waals surface area contributed by atoms with Gasteiger partial charge in [-0.2, -0.15) is 0 Å². The fourth-order valence-corrected chi connectivity index (χ4v) is 3.31. The van der Waals surface area contributed by atoms with Crippen LogP contribution in [0.15, 0.2) is 12.1 Å². The van der Waals surface area contributed by atoms with Crippen molar-refractivity contribution in [2.45, 2.75) is 31.6 Å². The fourth-order valence-electron chi connectivity index (χ4n) is 2.06. The zero-order chi connectivity index (χ0) is 10.8. The van der Waals surface area contributed by atoms with Gasteiger partial charge in [0.15, 0.2) is 0 Å². The Hall–Kier alpha value is -0.540. The molecule has 1 fully saturated rings. The number of thiophene rings is 1. The molecule has 1 heterocycles. The minimum absolute atomic E-state index is 0.175. The molecular weight excluding hydrogens is 232 g/mol. The molecule has 15 heavy (non-hydrogen) atoms. The van der Waals surface area contributed by atoms with Gasteiger partial charge in [0, 0.05) is 10.8 Å². The van der Waals surface area contributed by atoms with Crippen LogP contribution in [0.3, 0.4) is 0 Å². The summed E-state index contributed by atoms with van der Waals surface area (Å²) in [4.78, 5) is 11.9. The van der Waals surface area contributed by atoms with E-state index in [0.29, 0.717) is 5.92 Å². The topological polar surface area (TPSA) is 37.3 Å². The van der Waals surface area contributed by atoms with Crippen molar-refractivity contribution >= 4 is 28.9 Å². The Morgan fingerprint density at radius 2 is 2.33 bits per heavy atom. The average molecular weight is 245 g/mol. The smallest absolute Gasteiger partial charge is 0.304 e. The summed E-state index contributed by atoms with van der Waals surface area (Å²) in [6, 6.07) is 3.83. The highest BCUT2D eigenvalue weighted by molar-refractivity contribution is 7.16. The first-order valence-corrected chi connectivity index (χ1v) is 6.33. The summed E-state index contributed by atoms with van der Waals surface area (Å²) < 4.78 is 0.750. The second-order valence-corrected chi connectivity index (χ2v) is 5.78. The summed E-state index contributed by atoms with van der Waals surface area (Å²) in [7, 11) is 0. The second-order valence-electron chi connectivity index (χ2n) is 4.04. The van der Waals surface area contributed by atoms with Gasteiger partial charge in [-0.05, 0) is 30.9 Å². The molecule has 1 N–H and O–H groups in total. The van der Waals surface area contributed by atoms with Crippen LogP contribution in [-0.2, 0) is 4.79 Å². The molecule has 0 aliphatic heterocycles. The van der Waals surface area contributed by atoms with E-state index in [1.807, 2.05) is 12.1 Å². The summed E-state index contributed by atoms with van der Waals surface area (Å²) in [5.41, 5.74) is 0. The molecule has 0 aromatic carbocycles. The van der Waals surface area contributed by atoms with Gasteiger partial charge in [-0.15, -0.1) is 11.3 Å². The highest BCUT2D eigenvalue weighted by Crippen LogP contribution is 2.43. The summed E-state index contributed by atoms with van der Waals surface area (Å²) in [5, 5.41) is 8.89. The van der Waals surface area contributed by atoms with Crippen molar-refractivity contribution < 1.29 is 9.90 Å². The van der Waals surface area contributed by atoms with Crippen molar-refractivity contribution in [2.75, 3.05) is 0 Å². The third-order valence-electron chi connectivity index (χ3n) is 3.07. The molecule has 0 spiro atoms. The standard InChI is InChI=1S/C11H13ClO2S/c12-10-5-4-9(15-10)8(6-11(13)14)7-2-1-3-7/h4-5,7-8H,1-3,6H2,(H,13,14). The van der Waals surface area contributed by atoms with Crippen LogP contribution in [0.1, 0.15) is 36.5 Å². The van der Waals surface area contributed by atoms with Crippen LogP contribution in [0.5, 0.6) is 0 Å². The lowest BCUT2D eigenvalue weighted by atomic mass is 9.74. The van der Waals surface area contributed by atoms with Crippen LogP contribution in [0.2, 0.25) is 4.34 Å². The SMILES string of the molecule is O=C(O)CC(c1ccc(Cl)s1)C1CCC1. The van der Waals surface area contributed by atoms with E-state index < -0.39 is 5.97 Å². The zero-order valence-corrected chi connectivity index (χ0v) is 9.85. The first kappa shape index (κ1) is 11.0. The van der Waals surface area contributed by atoms with Crippen molar-refractivity contribution in [3.63, 3.8) is 0 Å². The maximum Gasteiger partial charge on any atom is 0.304 e. The summed E-state index contributed by atoms with van der Waals surface area (Å²) in [5.74, 6) is 0.0148. The highest BCUT2D eigenvalue weighted by atomic mass is 35.5. The molecule has 1 unspecified atom stereocenters. The average Bonchev–Trinajstić information content (AvgIpc) is 2.46. The number of carboxylic acids is 1. The summed E-state index contributed by atoms with van der Waals surface area (Å²) in [6.07, 6.45) is 3.79. The first-order chi connectivity index (χ1) is 7.16. The summed E-state index contributed by atoms with van der Waals surface area (Å²) >= 11 is 7.40. The van der Waals surface area contributed by atoms with Crippen molar-refractivity contribution in [1.82, 2.24) is 0 Å². The van der Waals surface area contributed by atoms with E-state index in [9.17, 15) is 4.79 Å². The molecule has 0 saturated heterocycles. The zero-order valence-electron chi connectivity index (χ0n) is 8.28. The molecule has 4 heteroatoms. The third kappa shape index (κ3) is 2.52. The van der Waals surface area contributed by atoms with Gasteiger partial charge in [-0.3, -0.25) is 4.79 Å². The normalized spacial score (nSPS) is 18.5. The Balaban J connectivity index is 2.13. The van der Waals surface area contributed by atoms with Gasteiger partial charge in [0.25, 0.3) is 0 Å². The number of carboxylic acid groups (broad SMARTS) is 1. The van der Waals surface area contributed by atoms with Gasteiger partial charge in [0.1, 0.15) is 0 Å². The molecular formula is C11H13ClO2S. The van der Waals surface area contributed by atoms with E-state index in [1.54, 1.807) is 0 Å². The van der Waals surface area contributed by atoms with Gasteiger partial charge in [-0.25, -0.2) is 0 Å². The predicted molar refractivity (Wildman–Crippen MR) is 61.7 cm³/mol. The molecule has 0 radical (unpaired) electrons. The molecule has 2 nitrogen and oxygen atoms in total. The Labute approximate surface area is 97.9 Å².